The van der Waals surface area contributed by atoms with Crippen molar-refractivity contribution in [1.29, 1.82) is 0 Å². The zero-order valence-electron chi connectivity index (χ0n) is 12.2. The second kappa shape index (κ2) is 7.52. The summed E-state index contributed by atoms with van der Waals surface area (Å²) in [6.07, 6.45) is 0. The zero-order valence-corrected chi connectivity index (χ0v) is 13.8. The fourth-order valence-corrected chi connectivity index (χ4v) is 1.89. The lowest BCUT2D eigenvalue weighted by Crippen LogP contribution is -2.58. The van der Waals surface area contributed by atoms with Crippen molar-refractivity contribution in [2.45, 2.75) is 26.3 Å². The number of hydrogen-bond donors (Lipinski definition) is 2. The number of amides is 3. The molecule has 2 N–H and O–H groups in total. The first-order chi connectivity index (χ1) is 9.77. The molecule has 0 atom stereocenters. The van der Waals surface area contributed by atoms with E-state index in [4.69, 9.17) is 23.2 Å². The Kier molecular flexibility index (Phi) is 6.30. The first-order valence-electron chi connectivity index (χ1n) is 6.47. The molecular weight excluding hydrogens is 313 g/mol. The molecule has 3 amide bonds. The van der Waals surface area contributed by atoms with Crippen molar-refractivity contribution in [3.05, 3.63) is 34.9 Å². The predicted octanol–water partition coefficient (Wildman–Crippen LogP) is 3.03. The van der Waals surface area contributed by atoms with Gasteiger partial charge in [0.05, 0.1) is 16.1 Å². The van der Waals surface area contributed by atoms with Gasteiger partial charge in [0, 0.05) is 12.4 Å². The van der Waals surface area contributed by atoms with Gasteiger partial charge in [-0.2, -0.15) is 0 Å². The van der Waals surface area contributed by atoms with Crippen molar-refractivity contribution in [2.24, 2.45) is 0 Å². The fourth-order valence-electron chi connectivity index (χ4n) is 1.58. The van der Waals surface area contributed by atoms with Crippen LogP contribution in [0.15, 0.2) is 24.3 Å². The molecule has 0 unspecified atom stereocenters. The number of halogens is 2. The van der Waals surface area contributed by atoms with E-state index in [9.17, 15) is 9.59 Å². The van der Waals surface area contributed by atoms with Gasteiger partial charge in [-0.15, -0.1) is 11.6 Å². The molecule has 7 heteroatoms. The number of hydrazine groups is 1. The molecule has 0 bridgehead atoms. The largest absolute Gasteiger partial charge is 0.336 e. The monoisotopic (exact) mass is 331 g/mol. The standard InChI is InChI=1S/C14H19Cl2N3O2/c1-14(2,3)19(18-13(21)17-9-8-15)12(20)10-6-4-5-7-11(10)16/h4-7H,8-9H2,1-3H3,(H2,17,18,21). The molecule has 21 heavy (non-hydrogen) atoms. The van der Waals surface area contributed by atoms with Crippen LogP contribution in [-0.2, 0) is 0 Å². The summed E-state index contributed by atoms with van der Waals surface area (Å²) in [7, 11) is 0. The Morgan fingerprint density at radius 2 is 1.86 bits per heavy atom. The zero-order chi connectivity index (χ0) is 16.0. The Morgan fingerprint density at radius 1 is 1.24 bits per heavy atom. The van der Waals surface area contributed by atoms with Gasteiger partial charge >= 0.3 is 6.03 Å². The summed E-state index contributed by atoms with van der Waals surface area (Å²) in [6, 6.07) is 6.20. The summed E-state index contributed by atoms with van der Waals surface area (Å²) in [4.78, 5) is 24.4. The van der Waals surface area contributed by atoms with Crippen LogP contribution in [0.1, 0.15) is 31.1 Å². The Hall–Kier alpha value is -1.46. The third-order valence-electron chi connectivity index (χ3n) is 2.57. The van der Waals surface area contributed by atoms with Crippen LogP contribution in [-0.4, -0.2) is 34.9 Å². The molecule has 5 nitrogen and oxygen atoms in total. The van der Waals surface area contributed by atoms with Gasteiger partial charge in [-0.3, -0.25) is 4.79 Å². The maximum absolute atomic E-state index is 12.6. The molecule has 0 aliphatic rings. The van der Waals surface area contributed by atoms with Crippen molar-refractivity contribution < 1.29 is 9.59 Å². The van der Waals surface area contributed by atoms with Crippen molar-refractivity contribution in [3.8, 4) is 0 Å². The van der Waals surface area contributed by atoms with Crippen LogP contribution in [0.5, 0.6) is 0 Å². The number of carbonyl (C=O) groups is 2. The molecule has 0 saturated heterocycles. The van der Waals surface area contributed by atoms with Crippen LogP contribution in [0.25, 0.3) is 0 Å². The lowest BCUT2D eigenvalue weighted by Gasteiger charge is -2.35. The van der Waals surface area contributed by atoms with E-state index in [0.29, 0.717) is 23.0 Å². The molecule has 0 aliphatic heterocycles. The maximum Gasteiger partial charge on any atom is 0.333 e. The number of nitrogens with one attached hydrogen (secondary N) is 2. The summed E-state index contributed by atoms with van der Waals surface area (Å²) in [6.45, 7) is 5.74. The minimum Gasteiger partial charge on any atom is -0.336 e. The second-order valence-electron chi connectivity index (χ2n) is 5.35. The van der Waals surface area contributed by atoms with Gasteiger partial charge in [-0.25, -0.2) is 15.2 Å². The van der Waals surface area contributed by atoms with Gasteiger partial charge in [0.2, 0.25) is 0 Å². The Labute approximate surface area is 134 Å². The van der Waals surface area contributed by atoms with Gasteiger partial charge in [0.15, 0.2) is 0 Å². The smallest absolute Gasteiger partial charge is 0.333 e. The van der Waals surface area contributed by atoms with Gasteiger partial charge in [0.1, 0.15) is 0 Å². The minimum atomic E-state index is -0.617. The van der Waals surface area contributed by atoms with Crippen molar-refractivity contribution in [1.82, 2.24) is 15.8 Å². The van der Waals surface area contributed by atoms with E-state index in [-0.39, 0.29) is 5.91 Å². The van der Waals surface area contributed by atoms with Crippen molar-refractivity contribution in [2.75, 3.05) is 12.4 Å². The average molecular weight is 332 g/mol. The van der Waals surface area contributed by atoms with E-state index in [2.05, 4.69) is 10.7 Å². The molecule has 1 rings (SSSR count). The lowest BCUT2D eigenvalue weighted by molar-refractivity contribution is 0.0451. The van der Waals surface area contributed by atoms with Crippen LogP contribution in [0.3, 0.4) is 0 Å². The Bertz CT molecular complexity index is 515. The highest BCUT2D eigenvalue weighted by atomic mass is 35.5. The molecule has 0 fully saturated rings. The lowest BCUT2D eigenvalue weighted by atomic mass is 10.1. The van der Waals surface area contributed by atoms with Crippen molar-refractivity contribution in [3.63, 3.8) is 0 Å². The molecule has 0 aliphatic carbocycles. The number of hydrogen-bond acceptors (Lipinski definition) is 2. The fraction of sp³-hybridized carbons (Fsp3) is 0.429. The summed E-state index contributed by atoms with van der Waals surface area (Å²) in [5, 5.41) is 4.13. The van der Waals surface area contributed by atoms with Gasteiger partial charge in [-0.05, 0) is 32.9 Å². The summed E-state index contributed by atoms with van der Waals surface area (Å²) in [5.74, 6) is -0.0874. The molecule has 0 radical (unpaired) electrons. The minimum absolute atomic E-state index is 0.293. The number of carbonyl (C=O) groups excluding carboxylic acids is 2. The van der Waals surface area contributed by atoms with E-state index in [1.165, 1.54) is 5.01 Å². The van der Waals surface area contributed by atoms with E-state index in [1.807, 2.05) is 20.8 Å². The second-order valence-corrected chi connectivity index (χ2v) is 6.13. The molecule has 0 saturated carbocycles. The van der Waals surface area contributed by atoms with E-state index in [1.54, 1.807) is 24.3 Å². The van der Waals surface area contributed by atoms with Crippen molar-refractivity contribution >= 4 is 35.1 Å². The van der Waals surface area contributed by atoms with Crippen LogP contribution in [0.2, 0.25) is 5.02 Å². The summed E-state index contributed by atoms with van der Waals surface area (Å²) < 4.78 is 0. The third kappa shape index (κ3) is 5.10. The number of alkyl halides is 1. The van der Waals surface area contributed by atoms with Crippen LogP contribution < -0.4 is 10.7 Å². The van der Waals surface area contributed by atoms with Crippen LogP contribution >= 0.6 is 23.2 Å². The molecule has 0 heterocycles. The van der Waals surface area contributed by atoms with Crippen LogP contribution in [0, 0.1) is 0 Å². The topological polar surface area (TPSA) is 61.4 Å². The highest BCUT2D eigenvalue weighted by Gasteiger charge is 2.30. The quantitative estimate of drug-likeness (QED) is 0.660. The predicted molar refractivity (Wildman–Crippen MR) is 84.6 cm³/mol. The molecule has 116 valence electrons. The normalized spacial score (nSPS) is 10.9. The number of benzene rings is 1. The summed E-state index contributed by atoms with van der Waals surface area (Å²) >= 11 is 11.6. The van der Waals surface area contributed by atoms with Gasteiger partial charge in [0.25, 0.3) is 5.91 Å². The number of nitrogens with zero attached hydrogens (tertiary/aromatic N) is 1. The first kappa shape index (κ1) is 17.6. The molecule has 0 spiro atoms. The number of urea groups is 1. The van der Waals surface area contributed by atoms with E-state index < -0.39 is 11.6 Å². The van der Waals surface area contributed by atoms with Gasteiger partial charge < -0.3 is 5.32 Å². The first-order valence-corrected chi connectivity index (χ1v) is 7.38. The van der Waals surface area contributed by atoms with E-state index >= 15 is 0 Å². The number of rotatable bonds is 3. The third-order valence-corrected chi connectivity index (χ3v) is 3.09. The molecule has 0 aromatic heterocycles. The highest BCUT2D eigenvalue weighted by Crippen LogP contribution is 2.20. The maximum atomic E-state index is 12.6. The summed E-state index contributed by atoms with van der Waals surface area (Å²) in [5.41, 5.74) is 2.24. The van der Waals surface area contributed by atoms with Crippen LogP contribution in [0.4, 0.5) is 4.79 Å². The molecule has 1 aromatic rings. The van der Waals surface area contributed by atoms with E-state index in [0.717, 1.165) is 0 Å². The molecule has 1 aromatic carbocycles. The SMILES string of the molecule is CC(C)(C)N(NC(=O)NCCCl)C(=O)c1ccccc1Cl. The van der Waals surface area contributed by atoms with Gasteiger partial charge in [-0.1, -0.05) is 23.7 Å². The average Bonchev–Trinajstić information content (AvgIpc) is 2.41. The Morgan fingerprint density at radius 3 is 2.38 bits per heavy atom. The Balaban J connectivity index is 2.96. The highest BCUT2D eigenvalue weighted by molar-refractivity contribution is 6.33. The molecular formula is C14H19Cl2N3O2.